The zero-order valence-corrected chi connectivity index (χ0v) is 10.2. The Labute approximate surface area is 92.8 Å². The minimum Gasteiger partial charge on any atom is -0.479 e. The molecule has 90 valence electrons. The van der Waals surface area contributed by atoms with E-state index in [0.29, 0.717) is 19.4 Å². The van der Waals surface area contributed by atoms with E-state index in [-0.39, 0.29) is 0 Å². The summed E-state index contributed by atoms with van der Waals surface area (Å²) in [5.41, 5.74) is -0.939. The van der Waals surface area contributed by atoms with Crippen molar-refractivity contribution in [2.45, 2.75) is 64.9 Å². The van der Waals surface area contributed by atoms with Crippen molar-refractivity contribution in [3.8, 4) is 0 Å². The van der Waals surface area contributed by atoms with Crippen molar-refractivity contribution in [2.75, 3.05) is 6.61 Å². The first kappa shape index (κ1) is 14.4. The van der Waals surface area contributed by atoms with Crippen LogP contribution in [0.5, 0.6) is 0 Å². The summed E-state index contributed by atoms with van der Waals surface area (Å²) in [6.07, 6.45) is 5.05. The molecule has 0 heterocycles. The van der Waals surface area contributed by atoms with Gasteiger partial charge in [-0.15, -0.1) is 0 Å². The second-order valence-electron chi connectivity index (χ2n) is 3.96. The van der Waals surface area contributed by atoms with Crippen molar-refractivity contribution in [3.05, 3.63) is 0 Å². The van der Waals surface area contributed by atoms with E-state index in [1.807, 2.05) is 6.92 Å². The van der Waals surface area contributed by atoms with Crippen molar-refractivity contribution in [1.82, 2.24) is 0 Å². The topological polar surface area (TPSA) is 46.5 Å². The Morgan fingerprint density at radius 2 is 1.80 bits per heavy atom. The fourth-order valence-electron chi connectivity index (χ4n) is 1.55. The van der Waals surface area contributed by atoms with Gasteiger partial charge in [-0.05, 0) is 19.3 Å². The van der Waals surface area contributed by atoms with Crippen LogP contribution in [0.3, 0.4) is 0 Å². The minimum atomic E-state index is -0.939. The van der Waals surface area contributed by atoms with Crippen molar-refractivity contribution >= 4 is 5.97 Å². The number of unbranched alkanes of at least 4 members (excludes halogenated alkanes) is 2. The van der Waals surface area contributed by atoms with Gasteiger partial charge < -0.3 is 9.84 Å². The summed E-state index contributed by atoms with van der Waals surface area (Å²) in [6.45, 7) is 6.58. The molecule has 1 atom stereocenters. The molecular weight excluding hydrogens is 192 g/mol. The van der Waals surface area contributed by atoms with Crippen LogP contribution in [-0.4, -0.2) is 23.3 Å². The Morgan fingerprint density at radius 1 is 1.20 bits per heavy atom. The summed E-state index contributed by atoms with van der Waals surface area (Å²) in [6, 6.07) is 0. The maximum atomic E-state index is 11.2. The number of carbonyl (C=O) groups is 1. The molecule has 0 aliphatic carbocycles. The number of carboxylic acid groups (broad SMARTS) is 1. The molecule has 0 rings (SSSR count). The van der Waals surface area contributed by atoms with Crippen LogP contribution < -0.4 is 0 Å². The van der Waals surface area contributed by atoms with E-state index in [0.717, 1.165) is 25.7 Å². The molecule has 0 spiro atoms. The molecule has 15 heavy (non-hydrogen) atoms. The van der Waals surface area contributed by atoms with E-state index < -0.39 is 11.6 Å². The van der Waals surface area contributed by atoms with E-state index in [4.69, 9.17) is 4.74 Å². The number of hydrogen-bond donors (Lipinski definition) is 1. The third kappa shape index (κ3) is 4.65. The number of carboxylic acids is 1. The lowest BCUT2D eigenvalue weighted by Crippen LogP contribution is -2.41. The standard InChI is InChI=1S/C12H24O3/c1-4-7-9-12(6-3,11(13)14)15-10-8-5-2/h4-10H2,1-3H3,(H,13,14). The molecule has 0 bridgehead atoms. The predicted molar refractivity (Wildman–Crippen MR) is 61.0 cm³/mol. The van der Waals surface area contributed by atoms with Crippen LogP contribution in [0, 0.1) is 0 Å². The molecular formula is C12H24O3. The van der Waals surface area contributed by atoms with E-state index in [2.05, 4.69) is 13.8 Å². The van der Waals surface area contributed by atoms with E-state index in [1.54, 1.807) is 0 Å². The lowest BCUT2D eigenvalue weighted by Gasteiger charge is -2.28. The molecule has 0 aromatic heterocycles. The Bertz CT molecular complexity index is 180. The Hall–Kier alpha value is -0.570. The Morgan fingerprint density at radius 3 is 2.20 bits per heavy atom. The van der Waals surface area contributed by atoms with Crippen molar-refractivity contribution in [1.29, 1.82) is 0 Å². The number of ether oxygens (including phenoxy) is 1. The van der Waals surface area contributed by atoms with Gasteiger partial charge >= 0.3 is 5.97 Å². The molecule has 0 aromatic carbocycles. The molecule has 0 amide bonds. The van der Waals surface area contributed by atoms with E-state index >= 15 is 0 Å². The van der Waals surface area contributed by atoms with Crippen LogP contribution in [-0.2, 0) is 9.53 Å². The van der Waals surface area contributed by atoms with Gasteiger partial charge in [0.25, 0.3) is 0 Å². The highest BCUT2D eigenvalue weighted by Gasteiger charge is 2.36. The predicted octanol–water partition coefficient (Wildman–Crippen LogP) is 3.23. The zero-order valence-electron chi connectivity index (χ0n) is 10.2. The van der Waals surface area contributed by atoms with Crippen LogP contribution in [0.2, 0.25) is 0 Å². The van der Waals surface area contributed by atoms with Gasteiger partial charge in [0, 0.05) is 6.61 Å². The van der Waals surface area contributed by atoms with Gasteiger partial charge in [0.1, 0.15) is 0 Å². The van der Waals surface area contributed by atoms with Gasteiger partial charge in [0.15, 0.2) is 5.60 Å². The summed E-state index contributed by atoms with van der Waals surface area (Å²) in [4.78, 5) is 11.2. The quantitative estimate of drug-likeness (QED) is 0.602. The first-order valence-electron chi connectivity index (χ1n) is 6.00. The van der Waals surface area contributed by atoms with Crippen molar-refractivity contribution < 1.29 is 14.6 Å². The summed E-state index contributed by atoms with van der Waals surface area (Å²) < 4.78 is 5.58. The maximum absolute atomic E-state index is 11.2. The first-order valence-corrected chi connectivity index (χ1v) is 6.00. The highest BCUT2D eigenvalue weighted by atomic mass is 16.5. The van der Waals surface area contributed by atoms with Gasteiger partial charge in [-0.1, -0.05) is 40.0 Å². The first-order chi connectivity index (χ1) is 7.13. The van der Waals surface area contributed by atoms with Gasteiger partial charge in [-0.3, -0.25) is 0 Å². The van der Waals surface area contributed by atoms with Crippen molar-refractivity contribution in [2.24, 2.45) is 0 Å². The maximum Gasteiger partial charge on any atom is 0.335 e. The lowest BCUT2D eigenvalue weighted by molar-refractivity contribution is -0.168. The Balaban J connectivity index is 4.30. The molecule has 1 N–H and O–H groups in total. The Kier molecular flexibility index (Phi) is 7.39. The monoisotopic (exact) mass is 216 g/mol. The minimum absolute atomic E-state index is 0.548. The normalized spacial score (nSPS) is 14.9. The average Bonchev–Trinajstić information content (AvgIpc) is 2.23. The lowest BCUT2D eigenvalue weighted by atomic mass is 9.93. The molecule has 0 fully saturated rings. The second-order valence-corrected chi connectivity index (χ2v) is 3.96. The molecule has 0 aromatic rings. The van der Waals surface area contributed by atoms with Crippen LogP contribution in [0.15, 0.2) is 0 Å². The van der Waals surface area contributed by atoms with E-state index in [9.17, 15) is 9.90 Å². The van der Waals surface area contributed by atoms with Gasteiger partial charge in [0.2, 0.25) is 0 Å². The van der Waals surface area contributed by atoms with Crippen LogP contribution in [0.1, 0.15) is 59.3 Å². The fourth-order valence-corrected chi connectivity index (χ4v) is 1.55. The molecule has 3 heteroatoms. The fraction of sp³-hybridized carbons (Fsp3) is 0.917. The number of hydrogen-bond acceptors (Lipinski definition) is 2. The van der Waals surface area contributed by atoms with Gasteiger partial charge in [0.05, 0.1) is 0 Å². The largest absolute Gasteiger partial charge is 0.479 e. The summed E-state index contributed by atoms with van der Waals surface area (Å²) >= 11 is 0. The summed E-state index contributed by atoms with van der Waals surface area (Å²) in [5.74, 6) is -0.811. The number of rotatable bonds is 9. The summed E-state index contributed by atoms with van der Waals surface area (Å²) in [5, 5.41) is 9.22. The third-order valence-electron chi connectivity index (χ3n) is 2.77. The highest BCUT2D eigenvalue weighted by Crippen LogP contribution is 2.24. The highest BCUT2D eigenvalue weighted by molar-refractivity contribution is 5.77. The molecule has 0 aliphatic heterocycles. The third-order valence-corrected chi connectivity index (χ3v) is 2.77. The second kappa shape index (κ2) is 7.69. The van der Waals surface area contributed by atoms with Gasteiger partial charge in [-0.25, -0.2) is 4.79 Å². The molecule has 3 nitrogen and oxygen atoms in total. The molecule has 0 saturated heterocycles. The average molecular weight is 216 g/mol. The molecule has 0 aliphatic rings. The van der Waals surface area contributed by atoms with Gasteiger partial charge in [-0.2, -0.15) is 0 Å². The smallest absolute Gasteiger partial charge is 0.335 e. The molecule has 0 saturated carbocycles. The summed E-state index contributed by atoms with van der Waals surface area (Å²) in [7, 11) is 0. The molecule has 1 unspecified atom stereocenters. The number of aliphatic carboxylic acids is 1. The SMILES string of the molecule is CCCCOC(CC)(CCCC)C(=O)O. The van der Waals surface area contributed by atoms with Crippen molar-refractivity contribution in [3.63, 3.8) is 0 Å². The van der Waals surface area contributed by atoms with E-state index in [1.165, 1.54) is 0 Å². The van der Waals surface area contributed by atoms with Crippen LogP contribution in [0.4, 0.5) is 0 Å². The molecule has 0 radical (unpaired) electrons. The van der Waals surface area contributed by atoms with Crippen LogP contribution in [0.25, 0.3) is 0 Å². The van der Waals surface area contributed by atoms with Crippen LogP contribution >= 0.6 is 0 Å². The zero-order chi connectivity index (χ0) is 11.7.